The molecule has 0 amide bonds. The second kappa shape index (κ2) is 4.23. The number of nitrogens with two attached hydrogens (primary N) is 1. The van der Waals surface area contributed by atoms with Gasteiger partial charge >= 0.3 is 0 Å². The van der Waals surface area contributed by atoms with E-state index in [9.17, 15) is 19.0 Å². The lowest BCUT2D eigenvalue weighted by Gasteiger charge is -2.36. The van der Waals surface area contributed by atoms with E-state index in [0.29, 0.717) is 31.7 Å². The Labute approximate surface area is 97.9 Å². The Balaban J connectivity index is 2.39. The third kappa shape index (κ3) is 2.25. The Morgan fingerprint density at radius 1 is 1.24 bits per heavy atom. The summed E-state index contributed by atoms with van der Waals surface area (Å²) in [5.74, 6) is -2.35. The number of aliphatic hydroxyl groups is 1. The first-order valence-electron chi connectivity index (χ1n) is 5.58. The van der Waals surface area contributed by atoms with Gasteiger partial charge in [-0.05, 0) is 31.7 Å². The molecule has 1 saturated carbocycles. The predicted octanol–water partition coefficient (Wildman–Crippen LogP) is 1.76. The van der Waals surface area contributed by atoms with Gasteiger partial charge in [-0.2, -0.15) is 0 Å². The van der Waals surface area contributed by atoms with Gasteiger partial charge in [0.15, 0.2) is 11.6 Å². The van der Waals surface area contributed by atoms with Crippen LogP contribution in [0.4, 0.5) is 8.78 Å². The van der Waals surface area contributed by atoms with Crippen LogP contribution in [0.3, 0.4) is 0 Å². The summed E-state index contributed by atoms with van der Waals surface area (Å²) in [5.41, 5.74) is 5.20. The normalized spacial score (nSPS) is 29.3. The molecule has 0 aliphatic heterocycles. The zero-order chi connectivity index (χ0) is 12.6. The molecule has 4 N–H and O–H groups in total. The summed E-state index contributed by atoms with van der Waals surface area (Å²) >= 11 is 0. The van der Waals surface area contributed by atoms with Crippen molar-refractivity contribution in [3.8, 4) is 5.75 Å². The molecule has 0 atom stereocenters. The Hall–Kier alpha value is -1.20. The van der Waals surface area contributed by atoms with Crippen molar-refractivity contribution < 1.29 is 19.0 Å². The highest BCUT2D eigenvalue weighted by atomic mass is 19.1. The predicted molar refractivity (Wildman–Crippen MR) is 58.4 cm³/mol. The molecule has 5 heteroatoms. The first-order valence-corrected chi connectivity index (χ1v) is 5.58. The van der Waals surface area contributed by atoms with Crippen LogP contribution in [-0.2, 0) is 5.54 Å². The van der Waals surface area contributed by atoms with E-state index in [1.165, 1.54) is 0 Å². The topological polar surface area (TPSA) is 66.5 Å². The van der Waals surface area contributed by atoms with Crippen LogP contribution < -0.4 is 5.73 Å². The maximum Gasteiger partial charge on any atom is 0.168 e. The number of aromatic hydroxyl groups is 1. The number of halogens is 2. The summed E-state index contributed by atoms with van der Waals surface area (Å²) in [6.07, 6.45) is 1.30. The second-order valence-corrected chi connectivity index (χ2v) is 4.67. The van der Waals surface area contributed by atoms with E-state index < -0.39 is 29.0 Å². The monoisotopic (exact) mass is 243 g/mol. The molecule has 0 radical (unpaired) electrons. The number of aliphatic hydroxyl groups excluding tert-OH is 1. The van der Waals surface area contributed by atoms with Crippen LogP contribution in [0.2, 0.25) is 0 Å². The summed E-state index contributed by atoms with van der Waals surface area (Å²) in [6, 6.07) is 1.69. The molecule has 0 heterocycles. The third-order valence-corrected chi connectivity index (χ3v) is 3.41. The van der Waals surface area contributed by atoms with Crippen molar-refractivity contribution in [2.45, 2.75) is 37.3 Å². The summed E-state index contributed by atoms with van der Waals surface area (Å²) in [6.45, 7) is 0. The Kier molecular flexibility index (Phi) is 3.05. The smallest absolute Gasteiger partial charge is 0.168 e. The fraction of sp³-hybridized carbons (Fsp3) is 0.500. The zero-order valence-corrected chi connectivity index (χ0v) is 9.29. The molecule has 0 saturated heterocycles. The molecular weight excluding hydrogens is 228 g/mol. The highest BCUT2D eigenvalue weighted by Gasteiger charge is 2.35. The highest BCUT2D eigenvalue weighted by Crippen LogP contribution is 2.40. The molecule has 1 aliphatic rings. The molecule has 1 aromatic rings. The van der Waals surface area contributed by atoms with Gasteiger partial charge in [-0.1, -0.05) is 0 Å². The molecule has 1 fully saturated rings. The van der Waals surface area contributed by atoms with E-state index in [1.54, 1.807) is 0 Å². The molecule has 3 nitrogen and oxygen atoms in total. The minimum atomic E-state index is -1.00. The van der Waals surface area contributed by atoms with Crippen molar-refractivity contribution in [2.75, 3.05) is 0 Å². The Morgan fingerprint density at radius 2 is 1.82 bits per heavy atom. The molecule has 0 bridgehead atoms. The van der Waals surface area contributed by atoms with E-state index in [0.717, 1.165) is 6.07 Å². The van der Waals surface area contributed by atoms with Gasteiger partial charge in [0.2, 0.25) is 0 Å². The minimum absolute atomic E-state index is 0.0851. The van der Waals surface area contributed by atoms with Crippen molar-refractivity contribution in [3.05, 3.63) is 29.3 Å². The second-order valence-electron chi connectivity index (χ2n) is 4.67. The average molecular weight is 243 g/mol. The number of rotatable bonds is 1. The lowest BCUT2D eigenvalue weighted by molar-refractivity contribution is 0.0957. The fourth-order valence-electron chi connectivity index (χ4n) is 2.33. The van der Waals surface area contributed by atoms with Gasteiger partial charge in [0.05, 0.1) is 6.10 Å². The Bertz CT molecular complexity index is 429. The van der Waals surface area contributed by atoms with Gasteiger partial charge in [-0.15, -0.1) is 0 Å². The van der Waals surface area contributed by atoms with Crippen LogP contribution in [-0.4, -0.2) is 16.3 Å². The van der Waals surface area contributed by atoms with E-state index in [1.807, 2.05) is 0 Å². The molecule has 0 spiro atoms. The highest BCUT2D eigenvalue weighted by molar-refractivity contribution is 5.40. The van der Waals surface area contributed by atoms with E-state index in [2.05, 4.69) is 0 Å². The number of benzene rings is 1. The van der Waals surface area contributed by atoms with Gasteiger partial charge in [0, 0.05) is 17.2 Å². The number of phenolic OH excluding ortho intramolecular Hbond substituents is 1. The first-order chi connectivity index (χ1) is 7.92. The maximum atomic E-state index is 13.2. The van der Waals surface area contributed by atoms with Gasteiger partial charge < -0.3 is 15.9 Å². The average Bonchev–Trinajstić information content (AvgIpc) is 2.28. The van der Waals surface area contributed by atoms with Crippen LogP contribution in [0.1, 0.15) is 31.2 Å². The van der Waals surface area contributed by atoms with Crippen LogP contribution in [0.5, 0.6) is 5.75 Å². The quantitative estimate of drug-likeness (QED) is 0.704. The maximum absolute atomic E-state index is 13.2. The minimum Gasteiger partial charge on any atom is -0.505 e. The van der Waals surface area contributed by atoms with Crippen LogP contribution in [0, 0.1) is 11.6 Å². The third-order valence-electron chi connectivity index (χ3n) is 3.41. The molecule has 0 aromatic heterocycles. The number of hydrogen-bond donors (Lipinski definition) is 3. The van der Waals surface area contributed by atoms with Crippen LogP contribution in [0.25, 0.3) is 0 Å². The first kappa shape index (κ1) is 12.3. The van der Waals surface area contributed by atoms with E-state index >= 15 is 0 Å². The van der Waals surface area contributed by atoms with Crippen molar-refractivity contribution in [3.63, 3.8) is 0 Å². The number of phenols is 1. The van der Waals surface area contributed by atoms with Gasteiger partial charge in [-0.25, -0.2) is 8.78 Å². The molecule has 17 heavy (non-hydrogen) atoms. The van der Waals surface area contributed by atoms with E-state index in [-0.39, 0.29) is 5.56 Å². The zero-order valence-electron chi connectivity index (χ0n) is 9.29. The summed E-state index contributed by atoms with van der Waals surface area (Å²) < 4.78 is 26.4. The number of hydrogen-bond acceptors (Lipinski definition) is 3. The lowest BCUT2D eigenvalue weighted by atomic mass is 9.76. The van der Waals surface area contributed by atoms with Crippen molar-refractivity contribution >= 4 is 0 Å². The van der Waals surface area contributed by atoms with Crippen LogP contribution >= 0.6 is 0 Å². The van der Waals surface area contributed by atoms with Gasteiger partial charge in [0.1, 0.15) is 5.82 Å². The fourth-order valence-corrected chi connectivity index (χ4v) is 2.33. The molecule has 94 valence electrons. The molecular formula is C12H15F2NO2. The van der Waals surface area contributed by atoms with Crippen LogP contribution in [0.15, 0.2) is 12.1 Å². The summed E-state index contributed by atoms with van der Waals surface area (Å²) in [4.78, 5) is 0. The lowest BCUT2D eigenvalue weighted by Crippen LogP contribution is -2.41. The van der Waals surface area contributed by atoms with Crippen molar-refractivity contribution in [1.29, 1.82) is 0 Å². The SMILES string of the molecule is NC1(c2cc(F)cc(F)c2O)CCC(O)CC1. The van der Waals surface area contributed by atoms with E-state index in [4.69, 9.17) is 5.73 Å². The molecule has 2 rings (SSSR count). The largest absolute Gasteiger partial charge is 0.505 e. The standard InChI is InChI=1S/C12H15F2NO2/c13-7-5-9(11(17)10(14)6-7)12(15)3-1-8(16)2-4-12/h5-6,8,16-17H,1-4,15H2. The van der Waals surface area contributed by atoms with Gasteiger partial charge in [0.25, 0.3) is 0 Å². The summed E-state index contributed by atoms with van der Waals surface area (Å²) in [5, 5.41) is 19.0. The van der Waals surface area contributed by atoms with Crippen molar-refractivity contribution in [1.82, 2.24) is 0 Å². The molecule has 0 unspecified atom stereocenters. The Morgan fingerprint density at radius 3 is 2.41 bits per heavy atom. The molecule has 1 aromatic carbocycles. The van der Waals surface area contributed by atoms with Crippen molar-refractivity contribution in [2.24, 2.45) is 5.73 Å². The van der Waals surface area contributed by atoms with Gasteiger partial charge in [-0.3, -0.25) is 0 Å². The molecule has 1 aliphatic carbocycles. The summed E-state index contributed by atoms with van der Waals surface area (Å²) in [7, 11) is 0.